The van der Waals surface area contributed by atoms with E-state index in [9.17, 15) is 0 Å². The molecule has 7 nitrogen and oxygen atoms in total. The number of nitrogens with one attached hydrogen (secondary N) is 2. The first kappa shape index (κ1) is 11.9. The van der Waals surface area contributed by atoms with Crippen LogP contribution in [-0.4, -0.2) is 24.9 Å². The number of anilines is 1. The van der Waals surface area contributed by atoms with Crippen LogP contribution in [0.1, 0.15) is 5.69 Å². The minimum atomic E-state index is 0.669. The Kier molecular flexibility index (Phi) is 3.25. The Bertz CT molecular complexity index is 696. The van der Waals surface area contributed by atoms with Gasteiger partial charge in [0.1, 0.15) is 16.9 Å². The molecule has 4 N–H and O–H groups in total. The lowest BCUT2D eigenvalue weighted by atomic mass is 10.3. The van der Waals surface area contributed by atoms with E-state index >= 15 is 0 Å². The molecule has 0 bridgehead atoms. The summed E-state index contributed by atoms with van der Waals surface area (Å²) in [7, 11) is 0. The zero-order valence-corrected chi connectivity index (χ0v) is 10.7. The number of aromatic nitrogens is 5. The minimum Gasteiger partial charge on any atom is -0.341 e. The van der Waals surface area contributed by atoms with Gasteiger partial charge in [-0.3, -0.25) is 10.8 Å². The number of rotatable bonds is 4. The minimum absolute atomic E-state index is 0.669. The van der Waals surface area contributed by atoms with E-state index in [-0.39, 0.29) is 0 Å². The quantitative estimate of drug-likeness (QED) is 0.285. The summed E-state index contributed by atoms with van der Waals surface area (Å²) in [5.41, 5.74) is 5.87. The highest BCUT2D eigenvalue weighted by molar-refractivity contribution is 7.98. The van der Waals surface area contributed by atoms with Crippen molar-refractivity contribution in [3.63, 3.8) is 0 Å². The van der Waals surface area contributed by atoms with Gasteiger partial charge < -0.3 is 10.4 Å². The summed E-state index contributed by atoms with van der Waals surface area (Å²) in [6.07, 6.45) is 4.84. The smallest absolute Gasteiger partial charge is 0.181 e. The van der Waals surface area contributed by atoms with Crippen molar-refractivity contribution in [3.05, 3.63) is 36.7 Å². The van der Waals surface area contributed by atoms with E-state index in [0.29, 0.717) is 11.4 Å². The molecule has 0 aliphatic carbocycles. The van der Waals surface area contributed by atoms with E-state index in [2.05, 4.69) is 30.3 Å². The highest BCUT2D eigenvalue weighted by atomic mass is 32.2. The van der Waals surface area contributed by atoms with Crippen LogP contribution >= 0.6 is 11.8 Å². The molecule has 96 valence electrons. The van der Waals surface area contributed by atoms with Crippen molar-refractivity contribution in [1.82, 2.24) is 24.9 Å². The summed E-state index contributed by atoms with van der Waals surface area (Å²) in [6.45, 7) is 0. The molecule has 0 aliphatic rings. The van der Waals surface area contributed by atoms with Crippen molar-refractivity contribution >= 4 is 28.6 Å². The van der Waals surface area contributed by atoms with Gasteiger partial charge in [-0.1, -0.05) is 11.8 Å². The topological polar surface area (TPSA) is 105 Å². The summed E-state index contributed by atoms with van der Waals surface area (Å²) >= 11 is 1.57. The normalized spacial score (nSPS) is 10.8. The first-order chi connectivity index (χ1) is 9.36. The standard InChI is InChI=1S/C11H11N7S/c12-18-7-1-2-13-8(3-7)4-19-11-9-10(15-5-14-9)16-6-17-11/h1-3,5-6H,4,12H2,(H,13,18)(H,14,15,16,17). The van der Waals surface area contributed by atoms with Crippen molar-refractivity contribution in [2.24, 2.45) is 5.84 Å². The van der Waals surface area contributed by atoms with Gasteiger partial charge in [-0.15, -0.1) is 0 Å². The second kappa shape index (κ2) is 5.21. The van der Waals surface area contributed by atoms with Gasteiger partial charge >= 0.3 is 0 Å². The van der Waals surface area contributed by atoms with Crippen molar-refractivity contribution in [2.75, 3.05) is 5.43 Å². The number of H-pyrrole nitrogens is 1. The first-order valence-corrected chi connectivity index (χ1v) is 6.54. The number of fused-ring (bicyclic) bond motifs is 1. The largest absolute Gasteiger partial charge is 0.341 e. The maximum atomic E-state index is 5.37. The van der Waals surface area contributed by atoms with Crippen LogP contribution in [0.5, 0.6) is 0 Å². The molecule has 0 fully saturated rings. The molecule has 3 aromatic heterocycles. The van der Waals surface area contributed by atoms with Gasteiger partial charge in [0.15, 0.2) is 5.65 Å². The summed E-state index contributed by atoms with van der Waals surface area (Å²) in [4.78, 5) is 19.7. The summed E-state index contributed by atoms with van der Waals surface area (Å²) in [5.74, 6) is 6.06. The molecule has 0 spiro atoms. The highest BCUT2D eigenvalue weighted by Gasteiger charge is 2.07. The van der Waals surface area contributed by atoms with Crippen LogP contribution in [0.3, 0.4) is 0 Å². The third kappa shape index (κ3) is 2.49. The second-order valence-corrected chi connectivity index (χ2v) is 4.71. The molecule has 3 heterocycles. The van der Waals surface area contributed by atoms with Crippen molar-refractivity contribution in [3.8, 4) is 0 Å². The molecule has 0 aromatic carbocycles. The van der Waals surface area contributed by atoms with Crippen LogP contribution in [0.4, 0.5) is 5.69 Å². The highest BCUT2D eigenvalue weighted by Crippen LogP contribution is 2.25. The van der Waals surface area contributed by atoms with E-state index in [0.717, 1.165) is 21.9 Å². The predicted molar refractivity (Wildman–Crippen MR) is 73.3 cm³/mol. The Morgan fingerprint density at radius 3 is 3.11 bits per heavy atom. The van der Waals surface area contributed by atoms with E-state index in [1.54, 1.807) is 24.3 Å². The maximum absolute atomic E-state index is 5.37. The van der Waals surface area contributed by atoms with Crippen LogP contribution in [0.15, 0.2) is 36.0 Å². The summed E-state index contributed by atoms with van der Waals surface area (Å²) in [5, 5.41) is 0.857. The lowest BCUT2D eigenvalue weighted by Gasteiger charge is -2.03. The SMILES string of the molecule is NNc1ccnc(CSc2ncnc3nc[nH]c23)c1. The lowest BCUT2D eigenvalue weighted by Crippen LogP contribution is -2.07. The third-order valence-corrected chi connectivity index (χ3v) is 3.55. The van der Waals surface area contributed by atoms with Crippen molar-refractivity contribution < 1.29 is 0 Å². The number of hydrogen-bond acceptors (Lipinski definition) is 7. The van der Waals surface area contributed by atoms with Crippen LogP contribution in [0.25, 0.3) is 11.2 Å². The van der Waals surface area contributed by atoms with Gasteiger partial charge in [-0.2, -0.15) is 0 Å². The van der Waals surface area contributed by atoms with E-state index in [1.807, 2.05) is 12.1 Å². The van der Waals surface area contributed by atoms with Gasteiger partial charge in [-0.25, -0.2) is 15.0 Å². The number of nitrogens with zero attached hydrogens (tertiary/aromatic N) is 4. The molecule has 3 aromatic rings. The summed E-state index contributed by atoms with van der Waals surface area (Å²) < 4.78 is 0. The molecule has 0 saturated heterocycles. The monoisotopic (exact) mass is 273 g/mol. The van der Waals surface area contributed by atoms with E-state index in [4.69, 9.17) is 5.84 Å². The molecular formula is C11H11N7S. The zero-order valence-electron chi connectivity index (χ0n) is 9.87. The number of nitrogens with two attached hydrogens (primary N) is 1. The predicted octanol–water partition coefficient (Wildman–Crippen LogP) is 1.33. The number of aromatic amines is 1. The van der Waals surface area contributed by atoms with Gasteiger partial charge in [0.2, 0.25) is 0 Å². The zero-order chi connectivity index (χ0) is 13.1. The van der Waals surface area contributed by atoms with Crippen LogP contribution in [-0.2, 0) is 5.75 Å². The molecule has 0 atom stereocenters. The van der Waals surface area contributed by atoms with Gasteiger partial charge in [0, 0.05) is 11.9 Å². The molecule has 8 heteroatoms. The third-order valence-electron chi connectivity index (χ3n) is 2.53. The fraction of sp³-hybridized carbons (Fsp3) is 0.0909. The number of hydrazine groups is 1. The van der Waals surface area contributed by atoms with Crippen molar-refractivity contribution in [2.45, 2.75) is 10.8 Å². The Hall–Kier alpha value is -2.19. The lowest BCUT2D eigenvalue weighted by molar-refractivity contribution is 1.08. The molecule has 3 rings (SSSR count). The Labute approximate surface area is 113 Å². The average Bonchev–Trinajstić information content (AvgIpc) is 2.94. The number of pyridine rings is 1. The Balaban J connectivity index is 1.80. The van der Waals surface area contributed by atoms with Crippen molar-refractivity contribution in [1.29, 1.82) is 0 Å². The van der Waals surface area contributed by atoms with Crippen LogP contribution < -0.4 is 11.3 Å². The molecule has 0 unspecified atom stereocenters. The van der Waals surface area contributed by atoms with Gasteiger partial charge in [0.05, 0.1) is 17.7 Å². The summed E-state index contributed by atoms with van der Waals surface area (Å²) in [6, 6.07) is 3.71. The molecule has 0 aliphatic heterocycles. The fourth-order valence-corrected chi connectivity index (χ4v) is 2.50. The molecule has 0 radical (unpaired) electrons. The van der Waals surface area contributed by atoms with Gasteiger partial charge in [0.25, 0.3) is 0 Å². The molecular weight excluding hydrogens is 262 g/mol. The molecule has 19 heavy (non-hydrogen) atoms. The molecule has 0 saturated carbocycles. The number of nitrogen functional groups attached to an aromatic ring is 1. The number of thioether (sulfide) groups is 1. The number of hydrogen-bond donors (Lipinski definition) is 3. The first-order valence-electron chi connectivity index (χ1n) is 5.55. The van der Waals surface area contributed by atoms with Gasteiger partial charge in [-0.05, 0) is 12.1 Å². The maximum Gasteiger partial charge on any atom is 0.181 e. The molecule has 0 amide bonds. The second-order valence-electron chi connectivity index (χ2n) is 3.75. The van der Waals surface area contributed by atoms with E-state index < -0.39 is 0 Å². The van der Waals surface area contributed by atoms with Crippen LogP contribution in [0, 0.1) is 0 Å². The fourth-order valence-electron chi connectivity index (χ4n) is 1.64. The Morgan fingerprint density at radius 2 is 2.21 bits per heavy atom. The Morgan fingerprint density at radius 1 is 1.26 bits per heavy atom. The van der Waals surface area contributed by atoms with Crippen LogP contribution in [0.2, 0.25) is 0 Å². The number of imidazole rings is 1. The van der Waals surface area contributed by atoms with E-state index in [1.165, 1.54) is 6.33 Å². The average molecular weight is 273 g/mol.